The van der Waals surface area contributed by atoms with Gasteiger partial charge in [0.15, 0.2) is 0 Å². The van der Waals surface area contributed by atoms with Gasteiger partial charge in [-0.2, -0.15) is 8.78 Å². The van der Waals surface area contributed by atoms with Gasteiger partial charge in [-0.25, -0.2) is 0 Å². The van der Waals surface area contributed by atoms with Crippen molar-refractivity contribution in [1.82, 2.24) is 4.57 Å². The second-order valence-corrected chi connectivity index (χ2v) is 4.87. The summed E-state index contributed by atoms with van der Waals surface area (Å²) in [6.07, 6.45) is 1.96. The van der Waals surface area contributed by atoms with E-state index in [0.717, 1.165) is 11.4 Å². The van der Waals surface area contributed by atoms with Crippen LogP contribution in [0.3, 0.4) is 0 Å². The number of hydrogen-bond donors (Lipinski definition) is 1. The number of hydrogen-bond acceptors (Lipinski definition) is 2. The lowest BCUT2D eigenvalue weighted by Gasteiger charge is -2.11. The average Bonchev–Trinajstić information content (AvgIpc) is 2.73. The van der Waals surface area contributed by atoms with Crippen LogP contribution in [-0.4, -0.2) is 10.3 Å². The molecule has 0 aliphatic heterocycles. The maximum absolute atomic E-state index is 12.4. The summed E-state index contributed by atoms with van der Waals surface area (Å²) in [5.41, 5.74) is 1.84. The topological polar surface area (TPSA) is 17.0 Å². The summed E-state index contributed by atoms with van der Waals surface area (Å²) in [5.74, 6) is -2.40. The zero-order valence-electron chi connectivity index (χ0n) is 9.94. The first-order chi connectivity index (χ1) is 8.66. The van der Waals surface area contributed by atoms with Crippen LogP contribution in [0.25, 0.3) is 0 Å². The molecule has 0 spiro atoms. The lowest BCUT2D eigenvalue weighted by molar-refractivity contribution is 0.252. The summed E-state index contributed by atoms with van der Waals surface area (Å²) in [6, 6.07) is 11.1. The summed E-state index contributed by atoms with van der Waals surface area (Å²) < 4.78 is 26.8. The van der Waals surface area contributed by atoms with Gasteiger partial charge in [0.05, 0.1) is 6.54 Å². The first-order valence-corrected chi connectivity index (χ1v) is 6.42. The number of benzene rings is 1. The van der Waals surface area contributed by atoms with Crippen molar-refractivity contribution >= 4 is 17.4 Å². The average molecular weight is 268 g/mol. The first kappa shape index (κ1) is 13.0. The van der Waals surface area contributed by atoms with Gasteiger partial charge in [-0.3, -0.25) is 0 Å². The molecule has 96 valence electrons. The minimum atomic E-state index is -2.40. The van der Waals surface area contributed by atoms with Crippen molar-refractivity contribution in [2.45, 2.75) is 17.2 Å². The predicted octanol–water partition coefficient (Wildman–Crippen LogP) is 3.95. The summed E-state index contributed by atoms with van der Waals surface area (Å²) in [6.45, 7) is 0.615. The third-order valence-electron chi connectivity index (χ3n) is 2.61. The Hall–Kier alpha value is -1.49. The molecule has 1 aromatic heterocycles. The lowest BCUT2D eigenvalue weighted by atomic mass is 10.3. The highest BCUT2D eigenvalue weighted by atomic mass is 32.2. The van der Waals surface area contributed by atoms with E-state index in [1.54, 1.807) is 12.1 Å². The molecule has 0 fully saturated rings. The number of para-hydroxylation sites is 1. The molecule has 0 saturated heterocycles. The van der Waals surface area contributed by atoms with Crippen molar-refractivity contribution in [2.75, 3.05) is 5.32 Å². The van der Waals surface area contributed by atoms with Gasteiger partial charge < -0.3 is 9.88 Å². The highest BCUT2D eigenvalue weighted by Crippen LogP contribution is 2.31. The molecule has 0 bridgehead atoms. The summed E-state index contributed by atoms with van der Waals surface area (Å²) >= 11 is 0.564. The molecule has 18 heavy (non-hydrogen) atoms. The van der Waals surface area contributed by atoms with Crippen molar-refractivity contribution in [3.05, 3.63) is 48.3 Å². The summed E-state index contributed by atoms with van der Waals surface area (Å²) in [5, 5.41) is 3.19. The number of aromatic nitrogens is 1. The second-order valence-electron chi connectivity index (χ2n) is 3.84. The van der Waals surface area contributed by atoms with Gasteiger partial charge in [-0.1, -0.05) is 23.9 Å². The van der Waals surface area contributed by atoms with E-state index in [2.05, 4.69) is 5.32 Å². The molecular formula is C13H14F2N2S. The van der Waals surface area contributed by atoms with E-state index in [9.17, 15) is 8.78 Å². The Kier molecular flexibility index (Phi) is 4.25. The van der Waals surface area contributed by atoms with E-state index in [0.29, 0.717) is 23.2 Å². The number of halogens is 2. The molecule has 0 aliphatic carbocycles. The van der Waals surface area contributed by atoms with Gasteiger partial charge in [0.1, 0.15) is 0 Å². The fourth-order valence-corrected chi connectivity index (χ4v) is 2.29. The van der Waals surface area contributed by atoms with Gasteiger partial charge >= 0.3 is 0 Å². The van der Waals surface area contributed by atoms with Crippen molar-refractivity contribution in [1.29, 1.82) is 0 Å². The number of rotatable bonds is 5. The largest absolute Gasteiger partial charge is 0.379 e. The minimum Gasteiger partial charge on any atom is -0.379 e. The van der Waals surface area contributed by atoms with Crippen molar-refractivity contribution in [3.63, 3.8) is 0 Å². The van der Waals surface area contributed by atoms with Crippen molar-refractivity contribution in [3.8, 4) is 0 Å². The van der Waals surface area contributed by atoms with Gasteiger partial charge in [-0.15, -0.1) is 0 Å². The Bertz CT molecular complexity index is 511. The van der Waals surface area contributed by atoms with Crippen LogP contribution in [0.1, 0.15) is 5.69 Å². The zero-order valence-corrected chi connectivity index (χ0v) is 10.8. The SMILES string of the molecule is Cn1cccc1CNc1ccccc1SC(F)F. The van der Waals surface area contributed by atoms with E-state index >= 15 is 0 Å². The van der Waals surface area contributed by atoms with E-state index in [-0.39, 0.29) is 0 Å². The standard InChI is InChI=1S/C13H14F2N2S/c1-17-8-4-5-10(17)9-16-11-6-2-3-7-12(11)18-13(14)15/h2-8,13,16H,9H2,1H3. The number of alkyl halides is 2. The highest BCUT2D eigenvalue weighted by molar-refractivity contribution is 7.99. The lowest BCUT2D eigenvalue weighted by Crippen LogP contribution is -2.04. The Labute approximate surface area is 109 Å². The molecule has 0 atom stereocenters. The van der Waals surface area contributed by atoms with Crippen molar-refractivity contribution < 1.29 is 8.78 Å². The van der Waals surface area contributed by atoms with Crippen LogP contribution in [0.5, 0.6) is 0 Å². The molecule has 1 N–H and O–H groups in total. The number of aryl methyl sites for hydroxylation is 1. The fourth-order valence-electron chi connectivity index (χ4n) is 1.68. The first-order valence-electron chi connectivity index (χ1n) is 5.55. The van der Waals surface area contributed by atoms with Crippen LogP contribution >= 0.6 is 11.8 Å². The third-order valence-corrected chi connectivity index (χ3v) is 3.40. The molecule has 0 saturated carbocycles. The number of nitrogens with one attached hydrogen (secondary N) is 1. The van der Waals surface area contributed by atoms with Crippen LogP contribution in [0.4, 0.5) is 14.5 Å². The van der Waals surface area contributed by atoms with Gasteiger partial charge in [0.2, 0.25) is 0 Å². The van der Waals surface area contributed by atoms with Gasteiger partial charge in [-0.05, 0) is 24.3 Å². The minimum absolute atomic E-state index is 0.564. The second kappa shape index (κ2) is 5.91. The van der Waals surface area contributed by atoms with Crippen molar-refractivity contribution in [2.24, 2.45) is 7.05 Å². The van der Waals surface area contributed by atoms with Crippen LogP contribution < -0.4 is 5.32 Å². The molecule has 5 heteroatoms. The molecule has 2 rings (SSSR count). The summed E-state index contributed by atoms with van der Waals surface area (Å²) in [7, 11) is 1.96. The summed E-state index contributed by atoms with van der Waals surface area (Å²) in [4.78, 5) is 0.571. The molecule has 0 unspecified atom stereocenters. The molecular weight excluding hydrogens is 254 g/mol. The monoisotopic (exact) mass is 268 g/mol. The van der Waals surface area contributed by atoms with Crippen LogP contribution in [0.15, 0.2) is 47.5 Å². The molecule has 1 heterocycles. The van der Waals surface area contributed by atoms with E-state index < -0.39 is 5.76 Å². The van der Waals surface area contributed by atoms with E-state index in [4.69, 9.17) is 0 Å². The van der Waals surface area contributed by atoms with E-state index in [1.165, 1.54) is 0 Å². The Morgan fingerprint density at radius 1 is 1.22 bits per heavy atom. The van der Waals surface area contributed by atoms with Crippen LogP contribution in [0.2, 0.25) is 0 Å². The van der Waals surface area contributed by atoms with E-state index in [1.807, 2.05) is 42.1 Å². The maximum Gasteiger partial charge on any atom is 0.288 e. The molecule has 1 aromatic carbocycles. The molecule has 0 aliphatic rings. The molecule has 2 aromatic rings. The highest BCUT2D eigenvalue weighted by Gasteiger charge is 2.09. The molecule has 0 amide bonds. The normalized spacial score (nSPS) is 10.9. The smallest absolute Gasteiger partial charge is 0.288 e. The predicted molar refractivity (Wildman–Crippen MR) is 71.0 cm³/mol. The van der Waals surface area contributed by atoms with Crippen LogP contribution in [0, 0.1) is 0 Å². The number of nitrogens with zero attached hydrogens (tertiary/aromatic N) is 1. The Balaban J connectivity index is 2.07. The van der Waals surface area contributed by atoms with Crippen LogP contribution in [-0.2, 0) is 13.6 Å². The quantitative estimate of drug-likeness (QED) is 0.827. The Morgan fingerprint density at radius 2 is 2.00 bits per heavy atom. The number of thioether (sulfide) groups is 1. The van der Waals surface area contributed by atoms with Gasteiger partial charge in [0.25, 0.3) is 5.76 Å². The maximum atomic E-state index is 12.4. The Morgan fingerprint density at radius 3 is 2.67 bits per heavy atom. The molecule has 0 radical (unpaired) electrons. The molecule has 2 nitrogen and oxygen atoms in total. The number of anilines is 1. The third kappa shape index (κ3) is 3.26. The zero-order chi connectivity index (χ0) is 13.0. The fraction of sp³-hybridized carbons (Fsp3) is 0.231. The van der Waals surface area contributed by atoms with Gasteiger partial charge in [0, 0.05) is 29.5 Å².